The molecule has 0 bridgehead atoms. The number of phenols is 1. The molecule has 3 aromatic rings. The second-order valence-corrected chi connectivity index (χ2v) is 9.69. The van der Waals surface area contributed by atoms with Crippen LogP contribution in [0.15, 0.2) is 53.7 Å². The van der Waals surface area contributed by atoms with Crippen molar-refractivity contribution in [2.24, 2.45) is 0 Å². The lowest BCUT2D eigenvalue weighted by atomic mass is 10.1. The summed E-state index contributed by atoms with van der Waals surface area (Å²) in [7, 11) is -3.07. The van der Waals surface area contributed by atoms with Gasteiger partial charge in [-0.1, -0.05) is 23.7 Å². The molecule has 2 N–H and O–H groups in total. The van der Waals surface area contributed by atoms with Crippen LogP contribution in [0.3, 0.4) is 0 Å². The van der Waals surface area contributed by atoms with Crippen LogP contribution in [0.1, 0.15) is 18.5 Å². The molecule has 0 aliphatic heterocycles. The summed E-state index contributed by atoms with van der Waals surface area (Å²) in [4.78, 5) is 19.2. The van der Waals surface area contributed by atoms with E-state index in [1.807, 2.05) is 0 Å². The summed E-state index contributed by atoms with van der Waals surface area (Å²) in [6.45, 7) is 0. The first-order valence-electron chi connectivity index (χ1n) is 10.0. The van der Waals surface area contributed by atoms with Crippen molar-refractivity contribution in [3.8, 4) is 22.8 Å². The molecule has 186 valence electrons. The summed E-state index contributed by atoms with van der Waals surface area (Å²) in [6, 6.07) is 10.7. The molecule has 0 radical (unpaired) electrons. The van der Waals surface area contributed by atoms with E-state index in [0.717, 1.165) is 0 Å². The van der Waals surface area contributed by atoms with Gasteiger partial charge in [-0.05, 0) is 42.8 Å². The van der Waals surface area contributed by atoms with Gasteiger partial charge in [0.1, 0.15) is 17.2 Å². The van der Waals surface area contributed by atoms with Gasteiger partial charge in [-0.3, -0.25) is 4.79 Å². The lowest BCUT2D eigenvalue weighted by Crippen LogP contribution is -2.18. The fourth-order valence-electron chi connectivity index (χ4n) is 3.04. The molecule has 0 unspecified atom stereocenters. The third kappa shape index (κ3) is 6.61. The highest BCUT2D eigenvalue weighted by molar-refractivity contribution is 7.91. The Hall–Kier alpha value is -3.38. The van der Waals surface area contributed by atoms with Gasteiger partial charge in [-0.15, -0.1) is 0 Å². The molecule has 0 atom stereocenters. The number of phenolic OH excluding ortho intramolecular Hbond substituents is 1. The number of nitrogens with zero attached hydrogens (tertiary/aromatic N) is 2. The first kappa shape index (κ1) is 26.2. The van der Waals surface area contributed by atoms with Gasteiger partial charge in [0.25, 0.3) is 0 Å². The van der Waals surface area contributed by atoms with E-state index in [4.69, 9.17) is 16.3 Å². The maximum absolute atomic E-state index is 13.5. The normalized spacial score (nSPS) is 11.8. The van der Waals surface area contributed by atoms with E-state index in [2.05, 4.69) is 15.3 Å². The molecule has 0 fully saturated rings. The third-order valence-electron chi connectivity index (χ3n) is 4.71. The van der Waals surface area contributed by atoms with Crippen molar-refractivity contribution in [1.29, 1.82) is 0 Å². The Kier molecular flexibility index (Phi) is 7.86. The highest BCUT2D eigenvalue weighted by atomic mass is 35.5. The summed E-state index contributed by atoms with van der Waals surface area (Å²) < 4.78 is 71.1. The maximum Gasteiger partial charge on any atom is 0.433 e. The van der Waals surface area contributed by atoms with Gasteiger partial charge in [0.05, 0.1) is 24.2 Å². The standard InChI is InChI=1S/C22H19ClF3N3O5S/c1-34-18-6-3-2-5-14(18)15-12-19(22(24,25)26)29-21(28-15)35(32,33)10-4-7-20(31)27-16-11-13(23)8-9-17(16)30/h2-3,5-6,8-9,11-12,30H,4,7,10H2,1H3,(H,27,31). The average molecular weight is 530 g/mol. The predicted octanol–water partition coefficient (Wildman–Crippen LogP) is 4.72. The van der Waals surface area contributed by atoms with Crippen molar-refractivity contribution in [1.82, 2.24) is 9.97 Å². The van der Waals surface area contributed by atoms with Crippen molar-refractivity contribution in [2.45, 2.75) is 24.2 Å². The van der Waals surface area contributed by atoms with Crippen LogP contribution in [0, 0.1) is 0 Å². The fourth-order valence-corrected chi connectivity index (χ4v) is 4.39. The molecule has 1 amide bonds. The number of sulfone groups is 1. The Labute approximate surface area is 203 Å². The van der Waals surface area contributed by atoms with Crippen LogP contribution in [0.2, 0.25) is 5.02 Å². The van der Waals surface area contributed by atoms with Crippen LogP contribution in [0.25, 0.3) is 11.3 Å². The van der Waals surface area contributed by atoms with Gasteiger partial charge in [-0.2, -0.15) is 13.2 Å². The number of halogens is 4. The van der Waals surface area contributed by atoms with Crippen molar-refractivity contribution >= 4 is 33.0 Å². The van der Waals surface area contributed by atoms with Crippen molar-refractivity contribution in [2.75, 3.05) is 18.2 Å². The van der Waals surface area contributed by atoms with E-state index in [1.54, 1.807) is 6.07 Å². The van der Waals surface area contributed by atoms with E-state index in [-0.39, 0.29) is 46.3 Å². The SMILES string of the molecule is COc1ccccc1-c1cc(C(F)(F)F)nc(S(=O)(=O)CCCC(=O)Nc2cc(Cl)ccc2O)n1. The van der Waals surface area contributed by atoms with Gasteiger partial charge in [-0.25, -0.2) is 18.4 Å². The summed E-state index contributed by atoms with van der Waals surface area (Å²) >= 11 is 5.81. The zero-order chi connectivity index (χ0) is 25.8. The van der Waals surface area contributed by atoms with Crippen LogP contribution >= 0.6 is 11.6 Å². The molecular formula is C22H19ClF3N3O5S. The smallest absolute Gasteiger partial charge is 0.433 e. The molecule has 1 aromatic heterocycles. The number of methoxy groups -OCH3 is 1. The fraction of sp³-hybridized carbons (Fsp3) is 0.227. The Bertz CT molecular complexity index is 1350. The number of hydrogen-bond donors (Lipinski definition) is 2. The highest BCUT2D eigenvalue weighted by Gasteiger charge is 2.35. The second kappa shape index (κ2) is 10.5. The Morgan fingerprint density at radius 1 is 1.14 bits per heavy atom. The van der Waals surface area contributed by atoms with E-state index >= 15 is 0 Å². The van der Waals surface area contributed by atoms with Crippen molar-refractivity contribution in [3.63, 3.8) is 0 Å². The minimum atomic E-state index is -4.93. The van der Waals surface area contributed by atoms with Crippen LogP contribution in [0.4, 0.5) is 18.9 Å². The minimum Gasteiger partial charge on any atom is -0.506 e. The molecule has 0 saturated carbocycles. The number of anilines is 1. The molecule has 2 aromatic carbocycles. The number of aromatic nitrogens is 2. The number of carbonyl (C=O) groups excluding carboxylic acids is 1. The number of rotatable bonds is 8. The first-order valence-corrected chi connectivity index (χ1v) is 12.0. The molecule has 0 aliphatic rings. The topological polar surface area (TPSA) is 118 Å². The summed E-state index contributed by atoms with van der Waals surface area (Å²) in [5.41, 5.74) is -1.52. The Balaban J connectivity index is 1.82. The monoisotopic (exact) mass is 529 g/mol. The predicted molar refractivity (Wildman–Crippen MR) is 122 cm³/mol. The molecule has 35 heavy (non-hydrogen) atoms. The molecule has 8 nitrogen and oxygen atoms in total. The molecular weight excluding hydrogens is 511 g/mol. The minimum absolute atomic E-state index is 0.0352. The van der Waals surface area contributed by atoms with Gasteiger partial charge in [0.15, 0.2) is 0 Å². The summed E-state index contributed by atoms with van der Waals surface area (Å²) in [5.74, 6) is -1.35. The number of hydrogen-bond acceptors (Lipinski definition) is 7. The molecule has 0 spiro atoms. The number of ether oxygens (including phenoxy) is 1. The Morgan fingerprint density at radius 3 is 2.54 bits per heavy atom. The number of aromatic hydroxyl groups is 1. The van der Waals surface area contributed by atoms with Gasteiger partial charge in [0.2, 0.25) is 20.9 Å². The summed E-state index contributed by atoms with van der Waals surface area (Å²) in [6.07, 6.45) is -5.47. The van der Waals surface area contributed by atoms with Crippen molar-refractivity contribution in [3.05, 3.63) is 59.2 Å². The lowest BCUT2D eigenvalue weighted by molar-refractivity contribution is -0.141. The number of benzene rings is 2. The van der Waals surface area contributed by atoms with E-state index in [9.17, 15) is 31.5 Å². The van der Waals surface area contributed by atoms with E-state index < -0.39 is 38.5 Å². The van der Waals surface area contributed by atoms with Gasteiger partial charge >= 0.3 is 6.18 Å². The zero-order valence-electron chi connectivity index (χ0n) is 18.1. The van der Waals surface area contributed by atoms with E-state index in [0.29, 0.717) is 6.07 Å². The van der Waals surface area contributed by atoms with E-state index in [1.165, 1.54) is 43.5 Å². The largest absolute Gasteiger partial charge is 0.506 e. The van der Waals surface area contributed by atoms with Gasteiger partial charge in [0, 0.05) is 17.0 Å². The van der Waals surface area contributed by atoms with Crippen LogP contribution < -0.4 is 10.1 Å². The van der Waals surface area contributed by atoms with Crippen LogP contribution in [-0.2, 0) is 20.8 Å². The first-order chi connectivity index (χ1) is 16.4. The second-order valence-electron chi connectivity index (χ2n) is 7.25. The Morgan fingerprint density at radius 2 is 1.86 bits per heavy atom. The number of para-hydroxylation sites is 1. The third-order valence-corrected chi connectivity index (χ3v) is 6.51. The molecule has 3 rings (SSSR count). The molecule has 0 saturated heterocycles. The number of alkyl halides is 3. The van der Waals surface area contributed by atoms with Crippen LogP contribution in [0.5, 0.6) is 11.5 Å². The average Bonchev–Trinajstić information content (AvgIpc) is 2.80. The zero-order valence-corrected chi connectivity index (χ0v) is 19.7. The van der Waals surface area contributed by atoms with Gasteiger partial charge < -0.3 is 15.2 Å². The number of carbonyl (C=O) groups is 1. The number of nitrogens with one attached hydrogen (secondary N) is 1. The lowest BCUT2D eigenvalue weighted by Gasteiger charge is -2.13. The quantitative estimate of drug-likeness (QED) is 0.320. The summed E-state index contributed by atoms with van der Waals surface area (Å²) in [5, 5.41) is 11.4. The molecule has 13 heteroatoms. The number of amides is 1. The van der Waals surface area contributed by atoms with Crippen molar-refractivity contribution < 1.29 is 36.2 Å². The molecule has 1 heterocycles. The van der Waals surface area contributed by atoms with Crippen LogP contribution in [-0.4, -0.2) is 42.3 Å². The highest BCUT2D eigenvalue weighted by Crippen LogP contribution is 2.34. The molecule has 0 aliphatic carbocycles. The maximum atomic E-state index is 13.5.